The molecule has 0 saturated heterocycles. The van der Waals surface area contributed by atoms with Gasteiger partial charge in [0.2, 0.25) is 0 Å². The fourth-order valence-electron chi connectivity index (χ4n) is 2.84. The number of halogens is 1. The normalized spacial score (nSPS) is 11.8. The second kappa shape index (κ2) is 8.64. The van der Waals surface area contributed by atoms with Crippen LogP contribution in [0, 0.1) is 6.92 Å². The highest BCUT2D eigenvalue weighted by Crippen LogP contribution is 2.24. The van der Waals surface area contributed by atoms with E-state index in [1.54, 1.807) is 19.1 Å². The minimum Gasteiger partial charge on any atom is -0.459 e. The molecule has 0 spiro atoms. The second-order valence-electron chi connectivity index (χ2n) is 6.22. The van der Waals surface area contributed by atoms with E-state index >= 15 is 0 Å². The lowest BCUT2D eigenvalue weighted by Crippen LogP contribution is -2.19. The maximum absolute atomic E-state index is 12.8. The van der Waals surface area contributed by atoms with Gasteiger partial charge < -0.3 is 9.72 Å². The zero-order valence-electron chi connectivity index (χ0n) is 14.8. The van der Waals surface area contributed by atoms with Crippen LogP contribution < -0.4 is 5.56 Å². The van der Waals surface area contributed by atoms with Gasteiger partial charge in [0, 0.05) is 11.1 Å². The van der Waals surface area contributed by atoms with Crippen LogP contribution in [0.3, 0.4) is 0 Å². The molecule has 0 radical (unpaired) electrons. The number of hydrogen-bond donors (Lipinski definition) is 1. The van der Waals surface area contributed by atoms with Crippen LogP contribution in [0.4, 0.5) is 0 Å². The Morgan fingerprint density at radius 1 is 1.15 bits per heavy atom. The monoisotopic (exact) mass is 382 g/mol. The molecule has 1 atom stereocenters. The van der Waals surface area contributed by atoms with Crippen LogP contribution in [0.25, 0.3) is 0 Å². The van der Waals surface area contributed by atoms with Gasteiger partial charge in [0.15, 0.2) is 0 Å². The average Bonchev–Trinajstić information content (AvgIpc) is 2.65. The number of H-pyrrole nitrogens is 1. The first-order valence-corrected chi connectivity index (χ1v) is 8.92. The highest BCUT2D eigenvalue weighted by molar-refractivity contribution is 6.30. The van der Waals surface area contributed by atoms with Crippen molar-refractivity contribution < 1.29 is 9.53 Å². The van der Waals surface area contributed by atoms with Crippen molar-refractivity contribution in [1.29, 1.82) is 0 Å². The number of nitrogens with one attached hydrogen (secondary N) is 1. The molecular weight excluding hydrogens is 364 g/mol. The average molecular weight is 383 g/mol. The van der Waals surface area contributed by atoms with Gasteiger partial charge >= 0.3 is 5.97 Å². The first-order chi connectivity index (χ1) is 13.0. The van der Waals surface area contributed by atoms with Crippen molar-refractivity contribution in [2.24, 2.45) is 0 Å². The summed E-state index contributed by atoms with van der Waals surface area (Å²) >= 11 is 5.97. The summed E-state index contributed by atoms with van der Waals surface area (Å²) in [6.07, 6.45) is 0.503. The molecule has 0 amide bonds. The predicted molar refractivity (Wildman–Crippen MR) is 104 cm³/mol. The van der Waals surface area contributed by atoms with E-state index in [1.165, 1.54) is 6.07 Å². The van der Waals surface area contributed by atoms with E-state index in [0.29, 0.717) is 23.0 Å². The molecule has 1 aromatic heterocycles. The summed E-state index contributed by atoms with van der Waals surface area (Å²) in [5.74, 6) is -0.374. The Balaban J connectivity index is 1.79. The summed E-state index contributed by atoms with van der Waals surface area (Å²) < 4.78 is 5.47. The van der Waals surface area contributed by atoms with Crippen LogP contribution in [-0.4, -0.2) is 15.9 Å². The zero-order chi connectivity index (χ0) is 19.2. The highest BCUT2D eigenvalue weighted by Gasteiger charge is 2.23. The van der Waals surface area contributed by atoms with Crippen LogP contribution in [0.1, 0.15) is 28.6 Å². The molecular formula is C21H19ClN2O3. The first kappa shape index (κ1) is 18.9. The number of rotatable bonds is 6. The lowest BCUT2D eigenvalue weighted by Gasteiger charge is -2.17. The van der Waals surface area contributed by atoms with Gasteiger partial charge in [-0.1, -0.05) is 54.1 Å². The number of esters is 1. The largest absolute Gasteiger partial charge is 0.459 e. The molecule has 138 valence electrons. The molecule has 6 heteroatoms. The van der Waals surface area contributed by atoms with Crippen molar-refractivity contribution in [3.63, 3.8) is 0 Å². The third kappa shape index (κ3) is 5.28. The molecule has 0 aliphatic rings. The number of nitrogens with zero attached hydrogens (tertiary/aromatic N) is 1. The Kier molecular flexibility index (Phi) is 6.04. The van der Waals surface area contributed by atoms with Crippen molar-refractivity contribution in [2.45, 2.75) is 25.9 Å². The highest BCUT2D eigenvalue weighted by atomic mass is 35.5. The summed E-state index contributed by atoms with van der Waals surface area (Å²) in [5, 5.41) is 0.605. The van der Waals surface area contributed by atoms with Gasteiger partial charge in [-0.05, 0) is 36.6 Å². The van der Waals surface area contributed by atoms with E-state index < -0.39 is 5.92 Å². The zero-order valence-corrected chi connectivity index (χ0v) is 15.6. The van der Waals surface area contributed by atoms with E-state index in [-0.39, 0.29) is 18.1 Å². The van der Waals surface area contributed by atoms with Crippen molar-refractivity contribution in [3.05, 3.63) is 98.7 Å². The third-order valence-corrected chi connectivity index (χ3v) is 4.37. The minimum absolute atomic E-state index is 0.0531. The fraction of sp³-hybridized carbons (Fsp3) is 0.190. The van der Waals surface area contributed by atoms with Crippen LogP contribution in [0.15, 0.2) is 65.5 Å². The number of benzene rings is 2. The Morgan fingerprint density at radius 3 is 2.52 bits per heavy atom. The smallest absolute Gasteiger partial charge is 0.314 e. The topological polar surface area (TPSA) is 72.0 Å². The standard InChI is InChI=1S/C21H19ClN2O3/c1-14-23-18(12-20(25)24-14)13-27-21(26)19(11-15-5-3-2-4-6-15)16-7-9-17(22)10-8-16/h2-10,12,19H,11,13H2,1H3,(H,23,24,25). The minimum atomic E-state index is -0.479. The van der Waals surface area contributed by atoms with Gasteiger partial charge in [-0.2, -0.15) is 0 Å². The van der Waals surface area contributed by atoms with Crippen LogP contribution in [0.5, 0.6) is 0 Å². The third-order valence-electron chi connectivity index (χ3n) is 4.11. The molecule has 2 aromatic carbocycles. The Hall–Kier alpha value is -2.92. The Labute approximate surface area is 162 Å². The molecule has 0 aliphatic carbocycles. The van der Waals surface area contributed by atoms with Gasteiger partial charge in [0.25, 0.3) is 5.56 Å². The molecule has 0 fully saturated rings. The molecule has 27 heavy (non-hydrogen) atoms. The number of carbonyl (C=O) groups excluding carboxylic acids is 1. The lowest BCUT2D eigenvalue weighted by atomic mass is 9.92. The summed E-state index contributed by atoms with van der Waals surface area (Å²) in [5.41, 5.74) is 1.99. The van der Waals surface area contributed by atoms with Gasteiger partial charge in [-0.3, -0.25) is 9.59 Å². The van der Waals surface area contributed by atoms with Crippen molar-refractivity contribution in [2.75, 3.05) is 0 Å². The second-order valence-corrected chi connectivity index (χ2v) is 6.66. The molecule has 1 heterocycles. The van der Waals surface area contributed by atoms with Crippen molar-refractivity contribution in [1.82, 2.24) is 9.97 Å². The summed E-state index contributed by atoms with van der Waals surface area (Å²) in [6.45, 7) is 1.63. The predicted octanol–water partition coefficient (Wildman–Crippen LogP) is 3.80. The fourth-order valence-corrected chi connectivity index (χ4v) is 2.97. The summed E-state index contributed by atoms with van der Waals surface area (Å²) in [4.78, 5) is 31.1. The van der Waals surface area contributed by atoms with Crippen molar-refractivity contribution in [3.8, 4) is 0 Å². The van der Waals surface area contributed by atoms with Crippen LogP contribution in [-0.2, 0) is 22.6 Å². The molecule has 3 aromatic rings. The quantitative estimate of drug-likeness (QED) is 0.658. The van der Waals surface area contributed by atoms with E-state index in [4.69, 9.17) is 16.3 Å². The molecule has 1 unspecified atom stereocenters. The summed E-state index contributed by atoms with van der Waals surface area (Å²) in [7, 11) is 0. The van der Waals surface area contributed by atoms with Crippen LogP contribution in [0.2, 0.25) is 5.02 Å². The lowest BCUT2D eigenvalue weighted by molar-refractivity contribution is -0.147. The molecule has 0 aliphatic heterocycles. The molecule has 0 bridgehead atoms. The number of hydrogen-bond acceptors (Lipinski definition) is 4. The molecule has 1 N–H and O–H groups in total. The maximum atomic E-state index is 12.8. The molecule has 3 rings (SSSR count). The first-order valence-electron chi connectivity index (χ1n) is 8.54. The number of aromatic amines is 1. The van der Waals surface area contributed by atoms with Crippen LogP contribution >= 0.6 is 11.6 Å². The number of carbonyl (C=O) groups is 1. The SMILES string of the molecule is Cc1nc(COC(=O)C(Cc2ccccc2)c2ccc(Cl)cc2)cc(=O)[nH]1. The van der Waals surface area contributed by atoms with Gasteiger partial charge in [0.05, 0.1) is 11.6 Å². The van der Waals surface area contributed by atoms with Gasteiger partial charge in [-0.25, -0.2) is 4.98 Å². The van der Waals surface area contributed by atoms with E-state index in [0.717, 1.165) is 11.1 Å². The number of aryl methyl sites for hydroxylation is 1. The summed E-state index contributed by atoms with van der Waals surface area (Å²) in [6, 6.07) is 18.2. The van der Waals surface area contributed by atoms with Gasteiger partial charge in [-0.15, -0.1) is 0 Å². The van der Waals surface area contributed by atoms with E-state index in [2.05, 4.69) is 9.97 Å². The number of aromatic nitrogens is 2. The van der Waals surface area contributed by atoms with E-state index in [9.17, 15) is 9.59 Å². The number of ether oxygens (including phenoxy) is 1. The van der Waals surface area contributed by atoms with E-state index in [1.807, 2.05) is 42.5 Å². The molecule has 0 saturated carbocycles. The maximum Gasteiger partial charge on any atom is 0.314 e. The Morgan fingerprint density at radius 2 is 1.85 bits per heavy atom. The van der Waals surface area contributed by atoms with Gasteiger partial charge in [0.1, 0.15) is 12.4 Å². The Bertz CT molecular complexity index is 969. The molecule has 5 nitrogen and oxygen atoms in total. The van der Waals surface area contributed by atoms with Crippen molar-refractivity contribution >= 4 is 17.6 Å².